The molecule has 1 heterocycles. The molecule has 1 N–H and O–H groups in total. The van der Waals surface area contributed by atoms with Crippen molar-refractivity contribution in [2.24, 2.45) is 0 Å². The molecule has 0 fully saturated rings. The van der Waals surface area contributed by atoms with Crippen LogP contribution in [0, 0.1) is 0 Å². The SMILES string of the molecule is CCOc1ccc(-n2cn[nH]c2=O)cc1. The van der Waals surface area contributed by atoms with Crippen molar-refractivity contribution in [3.8, 4) is 11.4 Å². The number of H-pyrrole nitrogens is 1. The largest absolute Gasteiger partial charge is 0.494 e. The van der Waals surface area contributed by atoms with Crippen LogP contribution in [0.4, 0.5) is 0 Å². The summed E-state index contributed by atoms with van der Waals surface area (Å²) in [5, 5.41) is 5.98. The van der Waals surface area contributed by atoms with Crippen LogP contribution in [0.3, 0.4) is 0 Å². The zero-order valence-corrected chi connectivity index (χ0v) is 8.30. The van der Waals surface area contributed by atoms with Gasteiger partial charge in [0.2, 0.25) is 0 Å². The minimum atomic E-state index is -0.251. The number of hydrogen-bond acceptors (Lipinski definition) is 3. The maximum Gasteiger partial charge on any atom is 0.347 e. The zero-order valence-electron chi connectivity index (χ0n) is 8.30. The van der Waals surface area contributed by atoms with Crippen molar-refractivity contribution in [3.05, 3.63) is 41.1 Å². The quantitative estimate of drug-likeness (QED) is 0.811. The van der Waals surface area contributed by atoms with Crippen LogP contribution in [0.5, 0.6) is 5.75 Å². The third kappa shape index (κ3) is 1.90. The molecular formula is C10H11N3O2. The summed E-state index contributed by atoms with van der Waals surface area (Å²) in [5.41, 5.74) is 0.511. The minimum absolute atomic E-state index is 0.251. The smallest absolute Gasteiger partial charge is 0.347 e. The molecule has 0 spiro atoms. The molecule has 0 radical (unpaired) electrons. The van der Waals surface area contributed by atoms with Gasteiger partial charge in [-0.1, -0.05) is 0 Å². The van der Waals surface area contributed by atoms with E-state index in [4.69, 9.17) is 4.74 Å². The standard InChI is InChI=1S/C10H11N3O2/c1-2-15-9-5-3-8(4-6-9)13-7-11-12-10(13)14/h3-7H,2H2,1H3,(H,12,14). The third-order valence-electron chi connectivity index (χ3n) is 1.98. The first-order valence-electron chi connectivity index (χ1n) is 4.66. The molecular weight excluding hydrogens is 194 g/mol. The van der Waals surface area contributed by atoms with Crippen molar-refractivity contribution in [2.75, 3.05) is 6.61 Å². The summed E-state index contributed by atoms with van der Waals surface area (Å²) in [7, 11) is 0. The fourth-order valence-corrected chi connectivity index (χ4v) is 1.30. The average Bonchev–Trinajstić information content (AvgIpc) is 2.66. The van der Waals surface area contributed by atoms with E-state index in [9.17, 15) is 4.79 Å². The van der Waals surface area contributed by atoms with Gasteiger partial charge < -0.3 is 4.74 Å². The van der Waals surface area contributed by atoms with Crippen LogP contribution < -0.4 is 10.4 Å². The van der Waals surface area contributed by atoms with Crippen molar-refractivity contribution in [3.63, 3.8) is 0 Å². The van der Waals surface area contributed by atoms with Gasteiger partial charge in [-0.2, -0.15) is 5.10 Å². The summed E-state index contributed by atoms with van der Waals surface area (Å²) in [6.45, 7) is 2.56. The first-order valence-corrected chi connectivity index (χ1v) is 4.66. The molecule has 1 aromatic carbocycles. The molecule has 2 aromatic rings. The van der Waals surface area contributed by atoms with Crippen LogP contribution >= 0.6 is 0 Å². The highest BCUT2D eigenvalue weighted by Gasteiger charge is 2.00. The number of rotatable bonds is 3. The predicted octanol–water partition coefficient (Wildman–Crippen LogP) is 0.959. The topological polar surface area (TPSA) is 59.9 Å². The van der Waals surface area contributed by atoms with Crippen LogP contribution in [-0.4, -0.2) is 21.4 Å². The normalized spacial score (nSPS) is 10.2. The summed E-state index contributed by atoms with van der Waals surface area (Å²) >= 11 is 0. The Hall–Kier alpha value is -2.04. The number of aromatic nitrogens is 3. The summed E-state index contributed by atoms with van der Waals surface area (Å²) in [5.74, 6) is 0.790. The minimum Gasteiger partial charge on any atom is -0.494 e. The van der Waals surface area contributed by atoms with E-state index in [1.165, 1.54) is 10.9 Å². The van der Waals surface area contributed by atoms with Gasteiger partial charge in [0, 0.05) is 0 Å². The van der Waals surface area contributed by atoms with Crippen molar-refractivity contribution in [1.29, 1.82) is 0 Å². The monoisotopic (exact) mass is 205 g/mol. The summed E-state index contributed by atoms with van der Waals surface area (Å²) in [4.78, 5) is 11.2. The van der Waals surface area contributed by atoms with Crippen molar-refractivity contribution >= 4 is 0 Å². The van der Waals surface area contributed by atoms with Gasteiger partial charge in [-0.25, -0.2) is 14.5 Å². The predicted molar refractivity (Wildman–Crippen MR) is 55.4 cm³/mol. The van der Waals surface area contributed by atoms with Gasteiger partial charge in [0.1, 0.15) is 12.1 Å². The van der Waals surface area contributed by atoms with Crippen molar-refractivity contribution in [1.82, 2.24) is 14.8 Å². The highest BCUT2D eigenvalue weighted by atomic mass is 16.5. The Morgan fingerprint density at radius 1 is 1.40 bits per heavy atom. The van der Waals surface area contributed by atoms with Gasteiger partial charge in [-0.05, 0) is 31.2 Å². The molecule has 0 unspecified atom stereocenters. The van der Waals surface area contributed by atoms with E-state index in [2.05, 4.69) is 10.2 Å². The Morgan fingerprint density at radius 3 is 2.67 bits per heavy atom. The maximum absolute atomic E-state index is 11.2. The van der Waals surface area contributed by atoms with Crippen LogP contribution in [0.25, 0.3) is 5.69 Å². The second-order valence-corrected chi connectivity index (χ2v) is 2.96. The van der Waals surface area contributed by atoms with Gasteiger partial charge >= 0.3 is 5.69 Å². The molecule has 2 rings (SSSR count). The molecule has 5 nitrogen and oxygen atoms in total. The lowest BCUT2D eigenvalue weighted by Gasteiger charge is -2.04. The molecule has 0 bridgehead atoms. The maximum atomic E-state index is 11.2. The van der Waals surface area contributed by atoms with Gasteiger partial charge in [0.25, 0.3) is 0 Å². The van der Waals surface area contributed by atoms with Gasteiger partial charge in [0.15, 0.2) is 0 Å². The Bertz CT molecular complexity index is 484. The van der Waals surface area contributed by atoms with E-state index in [-0.39, 0.29) is 5.69 Å². The van der Waals surface area contributed by atoms with Gasteiger partial charge in [-0.15, -0.1) is 0 Å². The molecule has 0 saturated heterocycles. The van der Waals surface area contributed by atoms with E-state index in [0.717, 1.165) is 11.4 Å². The number of ether oxygens (including phenoxy) is 1. The van der Waals surface area contributed by atoms with Crippen LogP contribution in [0.2, 0.25) is 0 Å². The lowest BCUT2D eigenvalue weighted by molar-refractivity contribution is 0.340. The molecule has 0 aliphatic rings. The number of nitrogens with one attached hydrogen (secondary N) is 1. The third-order valence-corrected chi connectivity index (χ3v) is 1.98. The fraction of sp³-hybridized carbons (Fsp3) is 0.200. The number of hydrogen-bond donors (Lipinski definition) is 1. The van der Waals surface area contributed by atoms with E-state index in [1.807, 2.05) is 31.2 Å². The van der Waals surface area contributed by atoms with E-state index in [1.54, 1.807) is 0 Å². The van der Waals surface area contributed by atoms with Crippen molar-refractivity contribution < 1.29 is 4.74 Å². The fourth-order valence-electron chi connectivity index (χ4n) is 1.30. The van der Waals surface area contributed by atoms with E-state index in [0.29, 0.717) is 6.61 Å². The lowest BCUT2D eigenvalue weighted by atomic mass is 10.3. The van der Waals surface area contributed by atoms with Crippen molar-refractivity contribution in [2.45, 2.75) is 6.92 Å². The van der Waals surface area contributed by atoms with Gasteiger partial charge in [-0.3, -0.25) is 0 Å². The Morgan fingerprint density at radius 2 is 2.13 bits per heavy atom. The second kappa shape index (κ2) is 4.00. The molecule has 0 atom stereocenters. The zero-order chi connectivity index (χ0) is 10.7. The van der Waals surface area contributed by atoms with Crippen LogP contribution in [0.1, 0.15) is 6.92 Å². The van der Waals surface area contributed by atoms with E-state index < -0.39 is 0 Å². The average molecular weight is 205 g/mol. The summed E-state index contributed by atoms with van der Waals surface area (Å²) in [6.07, 6.45) is 1.44. The first kappa shape index (κ1) is 9.51. The van der Waals surface area contributed by atoms with Gasteiger partial charge in [0.05, 0.1) is 12.3 Å². The second-order valence-electron chi connectivity index (χ2n) is 2.96. The molecule has 0 aliphatic carbocycles. The molecule has 5 heteroatoms. The number of nitrogens with zero attached hydrogens (tertiary/aromatic N) is 2. The lowest BCUT2D eigenvalue weighted by Crippen LogP contribution is -2.13. The highest BCUT2D eigenvalue weighted by Crippen LogP contribution is 2.13. The highest BCUT2D eigenvalue weighted by molar-refractivity contribution is 5.36. The summed E-state index contributed by atoms with van der Waals surface area (Å²) < 4.78 is 6.72. The number of benzene rings is 1. The summed E-state index contributed by atoms with van der Waals surface area (Å²) in [6, 6.07) is 7.25. The first-order chi connectivity index (χ1) is 7.31. The molecule has 78 valence electrons. The molecule has 15 heavy (non-hydrogen) atoms. The van der Waals surface area contributed by atoms with Crippen LogP contribution in [-0.2, 0) is 0 Å². The molecule has 1 aromatic heterocycles. The van der Waals surface area contributed by atoms with Crippen LogP contribution in [0.15, 0.2) is 35.4 Å². The Labute approximate surface area is 86.3 Å². The Kier molecular flexibility index (Phi) is 2.53. The molecule has 0 saturated carbocycles. The Balaban J connectivity index is 2.32. The molecule has 0 amide bonds. The number of aromatic amines is 1. The van der Waals surface area contributed by atoms with E-state index >= 15 is 0 Å². The molecule has 0 aliphatic heterocycles.